The largest absolute Gasteiger partial charge is 0.383 e. The highest BCUT2D eigenvalue weighted by Crippen LogP contribution is 2.37. The van der Waals surface area contributed by atoms with Crippen molar-refractivity contribution in [2.75, 3.05) is 30.9 Å². The van der Waals surface area contributed by atoms with Crippen LogP contribution in [0.15, 0.2) is 42.5 Å². The van der Waals surface area contributed by atoms with Crippen molar-refractivity contribution >= 4 is 23.1 Å². The molecule has 0 atom stereocenters. The molecule has 2 aromatic carbocycles. The van der Waals surface area contributed by atoms with E-state index in [-0.39, 0.29) is 12.1 Å². The Morgan fingerprint density at radius 3 is 2.72 bits per heavy atom. The monoisotopic (exact) mass is 435 g/mol. The third-order valence-electron chi connectivity index (χ3n) is 5.51. The molecular weight excluding hydrogens is 409 g/mol. The number of carbonyl (C=O) groups excluding carboxylic acids is 1. The third kappa shape index (κ3) is 4.70. The summed E-state index contributed by atoms with van der Waals surface area (Å²) in [5.41, 5.74) is 11.0. The van der Waals surface area contributed by atoms with Crippen molar-refractivity contribution in [3.8, 4) is 11.3 Å². The van der Waals surface area contributed by atoms with Crippen LogP contribution < -0.4 is 16.4 Å². The third-order valence-corrected chi connectivity index (χ3v) is 5.51. The lowest BCUT2D eigenvalue weighted by molar-refractivity contribution is -0.117. The number of amides is 1. The van der Waals surface area contributed by atoms with E-state index in [1.807, 2.05) is 24.3 Å². The lowest BCUT2D eigenvalue weighted by Gasteiger charge is -2.16. The van der Waals surface area contributed by atoms with Gasteiger partial charge in [-0.1, -0.05) is 24.3 Å². The second kappa shape index (κ2) is 9.74. The first-order valence-corrected chi connectivity index (χ1v) is 10.6. The SMILES string of the molecule is COCCNc1ccccc1-c1nnc(Nc2ccc(CC(N)=O)cc2F)c2c1CCC2. The van der Waals surface area contributed by atoms with Crippen LogP contribution in [-0.4, -0.2) is 36.4 Å². The van der Waals surface area contributed by atoms with Gasteiger partial charge in [-0.15, -0.1) is 10.2 Å². The first-order chi connectivity index (χ1) is 15.6. The summed E-state index contributed by atoms with van der Waals surface area (Å²) in [4.78, 5) is 11.1. The molecular formula is C24H26FN5O2. The summed E-state index contributed by atoms with van der Waals surface area (Å²) in [5, 5.41) is 15.4. The summed E-state index contributed by atoms with van der Waals surface area (Å²) in [7, 11) is 1.67. The fraction of sp³-hybridized carbons (Fsp3) is 0.292. The van der Waals surface area contributed by atoms with Gasteiger partial charge in [-0.25, -0.2) is 4.39 Å². The standard InChI is InChI=1S/C24H26FN5O2/c1-32-12-11-27-20-8-3-2-5-18(20)23-16-6-4-7-17(16)24(30-29-23)28-21-10-9-15(13-19(21)25)14-22(26)31/h2-3,5,8-10,13,27H,4,6-7,11-12,14H2,1H3,(H2,26,31)(H,28,30). The molecule has 0 saturated carbocycles. The van der Waals surface area contributed by atoms with Crippen LogP contribution in [-0.2, 0) is 28.8 Å². The van der Waals surface area contributed by atoms with Crippen LogP contribution in [0.25, 0.3) is 11.3 Å². The Labute approximate surface area is 186 Å². The van der Waals surface area contributed by atoms with Crippen molar-refractivity contribution < 1.29 is 13.9 Å². The van der Waals surface area contributed by atoms with E-state index in [0.29, 0.717) is 24.5 Å². The second-order valence-electron chi connectivity index (χ2n) is 7.76. The van der Waals surface area contributed by atoms with Gasteiger partial charge in [0, 0.05) is 30.5 Å². The molecule has 3 aromatic rings. The number of para-hydroxylation sites is 1. The number of hydrogen-bond acceptors (Lipinski definition) is 6. The molecule has 1 aliphatic rings. The lowest BCUT2D eigenvalue weighted by Crippen LogP contribution is -2.13. The van der Waals surface area contributed by atoms with Gasteiger partial charge >= 0.3 is 0 Å². The highest BCUT2D eigenvalue weighted by molar-refractivity contribution is 5.80. The molecule has 32 heavy (non-hydrogen) atoms. The highest BCUT2D eigenvalue weighted by atomic mass is 19.1. The number of anilines is 3. The fourth-order valence-corrected chi connectivity index (χ4v) is 4.03. The van der Waals surface area contributed by atoms with E-state index >= 15 is 0 Å². The zero-order valence-electron chi connectivity index (χ0n) is 18.0. The molecule has 1 heterocycles. The van der Waals surface area contributed by atoms with Gasteiger partial charge in [-0.05, 0) is 48.6 Å². The Hall–Kier alpha value is -3.52. The Morgan fingerprint density at radius 2 is 1.94 bits per heavy atom. The van der Waals surface area contributed by atoms with Gasteiger partial charge in [-0.3, -0.25) is 4.79 Å². The molecule has 4 rings (SSSR count). The fourth-order valence-electron chi connectivity index (χ4n) is 4.03. The Bertz CT molecular complexity index is 1140. The number of benzene rings is 2. The number of fused-ring (bicyclic) bond motifs is 1. The summed E-state index contributed by atoms with van der Waals surface area (Å²) in [5.74, 6) is -0.400. The van der Waals surface area contributed by atoms with Crippen LogP contribution in [0.2, 0.25) is 0 Å². The molecule has 166 valence electrons. The van der Waals surface area contributed by atoms with Crippen LogP contribution in [0.4, 0.5) is 21.6 Å². The van der Waals surface area contributed by atoms with E-state index in [9.17, 15) is 9.18 Å². The van der Waals surface area contributed by atoms with E-state index in [4.69, 9.17) is 10.5 Å². The molecule has 8 heteroatoms. The van der Waals surface area contributed by atoms with Crippen LogP contribution in [0.3, 0.4) is 0 Å². The molecule has 1 aliphatic carbocycles. The number of ether oxygens (including phenoxy) is 1. The smallest absolute Gasteiger partial charge is 0.221 e. The zero-order chi connectivity index (χ0) is 22.5. The van der Waals surface area contributed by atoms with Gasteiger partial charge < -0.3 is 21.1 Å². The molecule has 0 spiro atoms. The van der Waals surface area contributed by atoms with Crippen molar-refractivity contribution in [1.82, 2.24) is 10.2 Å². The molecule has 1 amide bonds. The van der Waals surface area contributed by atoms with E-state index in [0.717, 1.165) is 47.3 Å². The second-order valence-corrected chi connectivity index (χ2v) is 7.76. The topological polar surface area (TPSA) is 102 Å². The summed E-state index contributed by atoms with van der Waals surface area (Å²) in [6.45, 7) is 1.29. The summed E-state index contributed by atoms with van der Waals surface area (Å²) < 4.78 is 19.7. The maximum Gasteiger partial charge on any atom is 0.221 e. The van der Waals surface area contributed by atoms with Gasteiger partial charge in [0.15, 0.2) is 5.82 Å². The first-order valence-electron chi connectivity index (χ1n) is 10.6. The molecule has 1 aromatic heterocycles. The molecule has 0 bridgehead atoms. The van der Waals surface area contributed by atoms with Gasteiger partial charge in [0.25, 0.3) is 0 Å². The quantitative estimate of drug-likeness (QED) is 0.444. The summed E-state index contributed by atoms with van der Waals surface area (Å²) in [6, 6.07) is 12.6. The summed E-state index contributed by atoms with van der Waals surface area (Å²) >= 11 is 0. The minimum atomic E-state index is -0.499. The number of hydrogen-bond donors (Lipinski definition) is 3. The number of halogens is 1. The molecule has 4 N–H and O–H groups in total. The molecule has 0 unspecified atom stereocenters. The van der Waals surface area contributed by atoms with Crippen molar-refractivity contribution in [3.05, 3.63) is 65.0 Å². The molecule has 0 radical (unpaired) electrons. The maximum atomic E-state index is 14.6. The van der Waals surface area contributed by atoms with Crippen LogP contribution in [0, 0.1) is 5.82 Å². The summed E-state index contributed by atoms with van der Waals surface area (Å²) in [6.07, 6.45) is 2.73. The van der Waals surface area contributed by atoms with Crippen molar-refractivity contribution in [3.63, 3.8) is 0 Å². The molecule has 0 aliphatic heterocycles. The Kier molecular flexibility index (Phi) is 6.61. The molecule has 0 fully saturated rings. The van der Waals surface area contributed by atoms with Crippen molar-refractivity contribution in [1.29, 1.82) is 0 Å². The van der Waals surface area contributed by atoms with E-state index < -0.39 is 11.7 Å². The predicted molar refractivity (Wildman–Crippen MR) is 122 cm³/mol. The Morgan fingerprint density at radius 1 is 1.12 bits per heavy atom. The number of rotatable bonds is 9. The maximum absolute atomic E-state index is 14.6. The van der Waals surface area contributed by atoms with E-state index in [2.05, 4.69) is 20.8 Å². The average Bonchev–Trinajstić information content (AvgIpc) is 3.26. The zero-order valence-corrected chi connectivity index (χ0v) is 18.0. The number of methoxy groups -OCH3 is 1. The molecule has 7 nitrogen and oxygen atoms in total. The van der Waals surface area contributed by atoms with Crippen LogP contribution in [0.1, 0.15) is 23.1 Å². The minimum absolute atomic E-state index is 0.00107. The number of nitrogens with zero attached hydrogens (tertiary/aromatic N) is 2. The van der Waals surface area contributed by atoms with Gasteiger partial charge in [0.1, 0.15) is 5.82 Å². The van der Waals surface area contributed by atoms with Crippen LogP contribution in [0.5, 0.6) is 0 Å². The normalized spacial score (nSPS) is 12.4. The number of nitrogens with one attached hydrogen (secondary N) is 2. The lowest BCUT2D eigenvalue weighted by atomic mass is 10.0. The number of primary amides is 1. The predicted octanol–water partition coefficient (Wildman–Crippen LogP) is 3.60. The van der Waals surface area contributed by atoms with Gasteiger partial charge in [0.05, 0.1) is 24.4 Å². The van der Waals surface area contributed by atoms with Crippen LogP contribution >= 0.6 is 0 Å². The van der Waals surface area contributed by atoms with E-state index in [1.165, 1.54) is 6.07 Å². The Balaban J connectivity index is 1.64. The van der Waals surface area contributed by atoms with E-state index in [1.54, 1.807) is 19.2 Å². The van der Waals surface area contributed by atoms with Gasteiger partial charge in [-0.2, -0.15) is 0 Å². The number of aromatic nitrogens is 2. The van der Waals surface area contributed by atoms with Gasteiger partial charge in [0.2, 0.25) is 5.91 Å². The molecule has 0 saturated heterocycles. The number of nitrogens with two attached hydrogens (primary N) is 1. The number of carbonyl (C=O) groups is 1. The highest BCUT2D eigenvalue weighted by Gasteiger charge is 2.24. The minimum Gasteiger partial charge on any atom is -0.383 e. The first kappa shape index (κ1) is 21.7. The van der Waals surface area contributed by atoms with Crippen molar-refractivity contribution in [2.45, 2.75) is 25.7 Å². The average molecular weight is 436 g/mol. The van der Waals surface area contributed by atoms with Crippen molar-refractivity contribution in [2.24, 2.45) is 5.73 Å².